The van der Waals surface area contributed by atoms with Crippen LogP contribution in [-0.2, 0) is 10.0 Å². The van der Waals surface area contributed by atoms with Crippen molar-refractivity contribution in [3.8, 4) is 0 Å². The summed E-state index contributed by atoms with van der Waals surface area (Å²) in [7, 11) is -4.11. The lowest BCUT2D eigenvalue weighted by Crippen LogP contribution is -2.24. The summed E-state index contributed by atoms with van der Waals surface area (Å²) < 4.78 is 39.9. The van der Waals surface area contributed by atoms with Gasteiger partial charge in [0, 0.05) is 5.56 Å². The van der Waals surface area contributed by atoms with Crippen LogP contribution >= 0.6 is 11.6 Å². The molecule has 0 radical (unpaired) electrons. The molecule has 1 N–H and O–H groups in total. The summed E-state index contributed by atoms with van der Waals surface area (Å²) in [5.41, 5.74) is 0.137. The number of anilines is 1. The summed E-state index contributed by atoms with van der Waals surface area (Å²) in [4.78, 5) is 10.4. The van der Waals surface area contributed by atoms with Crippen LogP contribution in [0, 0.1) is 12.7 Å². The van der Waals surface area contributed by atoms with Gasteiger partial charge in [-0.05, 0) is 42.8 Å². The molecule has 2 aromatic rings. The van der Waals surface area contributed by atoms with Crippen LogP contribution < -0.4 is 9.83 Å². The molecule has 0 amide bonds. The van der Waals surface area contributed by atoms with E-state index in [1.807, 2.05) is 0 Å². The first kappa shape index (κ1) is 16.3. The van der Waals surface area contributed by atoms with Crippen LogP contribution in [0.1, 0.15) is 15.9 Å². The van der Waals surface area contributed by atoms with Crippen LogP contribution in [0.15, 0.2) is 41.3 Å². The molecule has 0 aliphatic carbocycles. The average Bonchev–Trinajstić information content (AvgIpc) is 2.42. The fourth-order valence-electron chi connectivity index (χ4n) is 1.73. The molecule has 2 rings (SSSR count). The number of aryl methyl sites for hydroxylation is 1. The molecule has 0 bridgehead atoms. The van der Waals surface area contributed by atoms with Crippen LogP contribution in [0.5, 0.6) is 0 Å². The van der Waals surface area contributed by atoms with Crippen LogP contribution in [0.4, 0.5) is 10.1 Å². The number of sulfonamides is 1. The monoisotopic (exact) mass is 342 g/mol. The number of carbonyl (C=O) groups excluding carboxylic acids is 1. The standard InChI is InChI=1S/C14H11ClFNO4S/c1-8-2-5-13(11(15)6-8)17-22(20,21)9-3-4-12(16)10(7-9)14(18)19/h2-7,17H,1H3,(H,18,19)/p-1. The van der Waals surface area contributed by atoms with Crippen molar-refractivity contribution in [3.05, 3.63) is 58.4 Å². The molecule has 0 saturated heterocycles. The molecule has 5 nitrogen and oxygen atoms in total. The summed E-state index contributed by atoms with van der Waals surface area (Å²) in [6, 6.07) is 7.08. The quantitative estimate of drug-likeness (QED) is 0.920. The van der Waals surface area contributed by atoms with Crippen molar-refractivity contribution >= 4 is 33.3 Å². The number of halogens is 2. The highest BCUT2D eigenvalue weighted by atomic mass is 35.5. The summed E-state index contributed by atoms with van der Waals surface area (Å²) >= 11 is 5.94. The number of hydrogen-bond acceptors (Lipinski definition) is 4. The smallest absolute Gasteiger partial charge is 0.261 e. The molecule has 0 fully saturated rings. The number of carboxylic acid groups (broad SMARTS) is 1. The van der Waals surface area contributed by atoms with Crippen molar-refractivity contribution in [1.29, 1.82) is 0 Å². The molecule has 0 aliphatic rings. The van der Waals surface area contributed by atoms with E-state index in [0.29, 0.717) is 6.07 Å². The highest BCUT2D eigenvalue weighted by Gasteiger charge is 2.18. The van der Waals surface area contributed by atoms with Crippen molar-refractivity contribution in [3.63, 3.8) is 0 Å². The molecule has 8 heteroatoms. The third-order valence-corrected chi connectivity index (χ3v) is 4.51. The van der Waals surface area contributed by atoms with Gasteiger partial charge in [-0.25, -0.2) is 12.8 Å². The van der Waals surface area contributed by atoms with Crippen molar-refractivity contribution in [2.75, 3.05) is 4.72 Å². The third kappa shape index (κ3) is 3.37. The lowest BCUT2D eigenvalue weighted by atomic mass is 10.2. The summed E-state index contributed by atoms with van der Waals surface area (Å²) in [6.45, 7) is 1.79. The van der Waals surface area contributed by atoms with Crippen LogP contribution in [0.3, 0.4) is 0 Å². The maximum Gasteiger partial charge on any atom is 0.261 e. The molecule has 0 aromatic heterocycles. The van der Waals surface area contributed by atoms with E-state index < -0.39 is 32.3 Å². The molecule has 0 atom stereocenters. The van der Waals surface area contributed by atoms with Gasteiger partial charge in [0.15, 0.2) is 0 Å². The average molecular weight is 343 g/mol. The summed E-state index contributed by atoms with van der Waals surface area (Å²) in [5, 5.41) is 10.9. The van der Waals surface area contributed by atoms with Gasteiger partial charge >= 0.3 is 0 Å². The second-order valence-electron chi connectivity index (χ2n) is 4.52. The Labute approximate surface area is 131 Å². The van der Waals surface area contributed by atoms with E-state index in [1.165, 1.54) is 6.07 Å². The van der Waals surface area contributed by atoms with Crippen molar-refractivity contribution in [2.45, 2.75) is 11.8 Å². The SMILES string of the molecule is Cc1ccc(NS(=O)(=O)c2ccc(F)c(C(=O)[O-])c2)c(Cl)c1. The summed E-state index contributed by atoms with van der Waals surface area (Å²) in [6.07, 6.45) is 0. The van der Waals surface area contributed by atoms with Crippen molar-refractivity contribution in [2.24, 2.45) is 0 Å². The Morgan fingerprint density at radius 3 is 2.50 bits per heavy atom. The molecule has 0 heterocycles. The molecular formula is C14H10ClFNO4S-. The summed E-state index contributed by atoms with van der Waals surface area (Å²) in [5.74, 6) is -2.88. The topological polar surface area (TPSA) is 86.3 Å². The van der Waals surface area contributed by atoms with Gasteiger partial charge in [-0.15, -0.1) is 0 Å². The molecule has 0 saturated carbocycles. The Hall–Kier alpha value is -2.12. The lowest BCUT2D eigenvalue weighted by Gasteiger charge is -2.12. The van der Waals surface area contributed by atoms with E-state index in [9.17, 15) is 22.7 Å². The Balaban J connectivity index is 2.42. The van der Waals surface area contributed by atoms with E-state index in [1.54, 1.807) is 19.1 Å². The Morgan fingerprint density at radius 1 is 1.23 bits per heavy atom. The van der Waals surface area contributed by atoms with E-state index in [2.05, 4.69) is 4.72 Å². The predicted molar refractivity (Wildman–Crippen MR) is 77.7 cm³/mol. The Kier molecular flexibility index (Phi) is 4.39. The van der Waals surface area contributed by atoms with Gasteiger partial charge in [-0.3, -0.25) is 4.72 Å². The highest BCUT2D eigenvalue weighted by molar-refractivity contribution is 7.92. The first-order valence-electron chi connectivity index (χ1n) is 6.00. The van der Waals surface area contributed by atoms with Crippen LogP contribution in [-0.4, -0.2) is 14.4 Å². The molecule has 0 aliphatic heterocycles. The maximum absolute atomic E-state index is 13.3. The van der Waals surface area contributed by atoms with Gasteiger partial charge in [-0.1, -0.05) is 17.7 Å². The van der Waals surface area contributed by atoms with E-state index in [-0.39, 0.29) is 10.7 Å². The minimum absolute atomic E-state index is 0.131. The van der Waals surface area contributed by atoms with E-state index in [4.69, 9.17) is 11.6 Å². The number of carboxylic acids is 1. The van der Waals surface area contributed by atoms with Gasteiger partial charge in [0.25, 0.3) is 10.0 Å². The normalized spacial score (nSPS) is 11.2. The number of hydrogen-bond donors (Lipinski definition) is 1. The van der Waals surface area contributed by atoms with Crippen molar-refractivity contribution < 1.29 is 22.7 Å². The number of aromatic carboxylic acids is 1. The molecule has 0 spiro atoms. The Bertz CT molecular complexity index is 852. The molecule has 116 valence electrons. The molecule has 22 heavy (non-hydrogen) atoms. The number of nitrogens with one attached hydrogen (secondary N) is 1. The first-order valence-corrected chi connectivity index (χ1v) is 7.86. The maximum atomic E-state index is 13.3. The zero-order valence-electron chi connectivity index (χ0n) is 11.3. The van der Waals surface area contributed by atoms with Crippen LogP contribution in [0.2, 0.25) is 5.02 Å². The molecule has 0 unspecified atom stereocenters. The van der Waals surface area contributed by atoms with Gasteiger partial charge in [0.05, 0.1) is 21.6 Å². The molecular weight excluding hydrogens is 333 g/mol. The zero-order chi connectivity index (χ0) is 16.5. The minimum Gasteiger partial charge on any atom is -0.545 e. The van der Waals surface area contributed by atoms with Gasteiger partial charge < -0.3 is 9.90 Å². The van der Waals surface area contributed by atoms with E-state index >= 15 is 0 Å². The highest BCUT2D eigenvalue weighted by Crippen LogP contribution is 2.26. The minimum atomic E-state index is -4.11. The fourth-order valence-corrected chi connectivity index (χ4v) is 3.18. The number of benzene rings is 2. The first-order chi connectivity index (χ1) is 10.2. The fraction of sp³-hybridized carbons (Fsp3) is 0.0714. The van der Waals surface area contributed by atoms with Crippen molar-refractivity contribution in [1.82, 2.24) is 0 Å². The molecule has 2 aromatic carbocycles. The van der Waals surface area contributed by atoms with E-state index in [0.717, 1.165) is 17.7 Å². The third-order valence-electron chi connectivity index (χ3n) is 2.84. The lowest BCUT2D eigenvalue weighted by molar-refractivity contribution is -0.255. The number of rotatable bonds is 4. The van der Waals surface area contributed by atoms with Gasteiger partial charge in [0.1, 0.15) is 5.82 Å². The predicted octanol–water partition coefficient (Wildman–Crippen LogP) is 1.95. The van der Waals surface area contributed by atoms with Gasteiger partial charge in [0.2, 0.25) is 0 Å². The zero-order valence-corrected chi connectivity index (χ0v) is 12.8. The second kappa shape index (κ2) is 5.94. The Morgan fingerprint density at radius 2 is 1.91 bits per heavy atom. The van der Waals surface area contributed by atoms with Crippen LogP contribution in [0.25, 0.3) is 0 Å². The second-order valence-corrected chi connectivity index (χ2v) is 6.61. The largest absolute Gasteiger partial charge is 0.545 e. The van der Waals surface area contributed by atoms with Gasteiger partial charge in [-0.2, -0.15) is 0 Å². The number of carbonyl (C=O) groups is 1.